The molecule has 0 aromatic heterocycles. The predicted octanol–water partition coefficient (Wildman–Crippen LogP) is 2.01. The molecule has 1 heterocycles. The Morgan fingerprint density at radius 2 is 2.12 bits per heavy atom. The average molecular weight is 222 g/mol. The Hall–Kier alpha value is -0.0800. The van der Waals surface area contributed by atoms with Crippen LogP contribution in [0, 0.1) is 23.7 Å². The van der Waals surface area contributed by atoms with Gasteiger partial charge in [0.2, 0.25) is 0 Å². The Labute approximate surface area is 99.6 Å². The number of hydrogen-bond donors (Lipinski definition) is 2. The molecule has 3 rings (SSSR count). The van der Waals surface area contributed by atoms with Crippen LogP contribution in [0.3, 0.4) is 0 Å². The predicted molar refractivity (Wildman–Crippen MR) is 67.4 cm³/mol. The molecule has 4 unspecified atom stereocenters. The Bertz CT molecular complexity index is 237. The summed E-state index contributed by atoms with van der Waals surface area (Å²) in [7, 11) is 0. The standard InChI is InChI=1S/C14H26N2/c1-10(11-5-6-11)7-15-9-14-13-4-2-3-12(13)8-16-14/h10-16H,2-9H2,1H3. The third kappa shape index (κ3) is 2.28. The van der Waals surface area contributed by atoms with Crippen molar-refractivity contribution < 1.29 is 0 Å². The molecule has 2 N–H and O–H groups in total. The minimum absolute atomic E-state index is 0.777. The average Bonchev–Trinajstić information content (AvgIpc) is 2.91. The van der Waals surface area contributed by atoms with Crippen LogP contribution in [0.5, 0.6) is 0 Å². The van der Waals surface area contributed by atoms with Crippen LogP contribution in [-0.4, -0.2) is 25.7 Å². The highest BCUT2D eigenvalue weighted by atomic mass is 15.0. The zero-order valence-electron chi connectivity index (χ0n) is 10.5. The first-order chi connectivity index (χ1) is 7.84. The molecule has 0 amide bonds. The highest BCUT2D eigenvalue weighted by molar-refractivity contribution is 4.95. The summed E-state index contributed by atoms with van der Waals surface area (Å²) in [6, 6.07) is 0.777. The van der Waals surface area contributed by atoms with E-state index in [2.05, 4.69) is 17.6 Å². The minimum Gasteiger partial charge on any atom is -0.315 e. The van der Waals surface area contributed by atoms with E-state index in [0.29, 0.717) is 0 Å². The van der Waals surface area contributed by atoms with E-state index in [1.165, 1.54) is 51.7 Å². The maximum absolute atomic E-state index is 3.71. The van der Waals surface area contributed by atoms with Gasteiger partial charge >= 0.3 is 0 Å². The molecule has 2 heteroatoms. The normalized spacial score (nSPS) is 39.9. The van der Waals surface area contributed by atoms with E-state index in [1.807, 2.05) is 0 Å². The lowest BCUT2D eigenvalue weighted by Crippen LogP contribution is -2.39. The molecule has 92 valence electrons. The lowest BCUT2D eigenvalue weighted by atomic mass is 9.94. The second-order valence-electron chi connectivity index (χ2n) is 6.34. The van der Waals surface area contributed by atoms with E-state index >= 15 is 0 Å². The molecule has 0 aromatic rings. The van der Waals surface area contributed by atoms with Crippen molar-refractivity contribution in [3.8, 4) is 0 Å². The van der Waals surface area contributed by atoms with Crippen LogP contribution in [0.4, 0.5) is 0 Å². The Kier molecular flexibility index (Phi) is 3.21. The zero-order chi connectivity index (χ0) is 11.0. The molecular formula is C14H26N2. The molecule has 3 fully saturated rings. The van der Waals surface area contributed by atoms with Gasteiger partial charge in [0.05, 0.1) is 0 Å². The Morgan fingerprint density at radius 3 is 2.94 bits per heavy atom. The minimum atomic E-state index is 0.777. The molecule has 0 aromatic carbocycles. The lowest BCUT2D eigenvalue weighted by molar-refractivity contribution is 0.374. The summed E-state index contributed by atoms with van der Waals surface area (Å²) in [5, 5.41) is 7.41. The molecule has 0 bridgehead atoms. The molecule has 16 heavy (non-hydrogen) atoms. The molecule has 2 aliphatic carbocycles. The van der Waals surface area contributed by atoms with E-state index in [9.17, 15) is 0 Å². The maximum atomic E-state index is 3.71. The Balaban J connectivity index is 1.38. The van der Waals surface area contributed by atoms with Gasteiger partial charge in [-0.05, 0) is 62.4 Å². The van der Waals surface area contributed by atoms with Crippen LogP contribution in [0.1, 0.15) is 39.0 Å². The highest BCUT2D eigenvalue weighted by Crippen LogP contribution is 2.38. The van der Waals surface area contributed by atoms with Crippen molar-refractivity contribution in [1.82, 2.24) is 10.6 Å². The van der Waals surface area contributed by atoms with Crippen molar-refractivity contribution >= 4 is 0 Å². The van der Waals surface area contributed by atoms with Crippen molar-refractivity contribution in [1.29, 1.82) is 0 Å². The molecule has 4 atom stereocenters. The SMILES string of the molecule is CC(CNCC1NCC2CCCC21)C1CC1. The topological polar surface area (TPSA) is 24.1 Å². The van der Waals surface area contributed by atoms with Crippen LogP contribution < -0.4 is 10.6 Å². The van der Waals surface area contributed by atoms with Crippen molar-refractivity contribution in [3.63, 3.8) is 0 Å². The second kappa shape index (κ2) is 4.66. The van der Waals surface area contributed by atoms with Crippen LogP contribution in [0.2, 0.25) is 0 Å². The molecule has 3 aliphatic rings. The van der Waals surface area contributed by atoms with E-state index in [-0.39, 0.29) is 0 Å². The van der Waals surface area contributed by atoms with Gasteiger partial charge in [-0.3, -0.25) is 0 Å². The Morgan fingerprint density at radius 1 is 1.25 bits per heavy atom. The summed E-state index contributed by atoms with van der Waals surface area (Å²) in [6.45, 7) is 6.14. The van der Waals surface area contributed by atoms with Gasteiger partial charge in [0, 0.05) is 12.6 Å². The van der Waals surface area contributed by atoms with Crippen molar-refractivity contribution in [2.24, 2.45) is 23.7 Å². The number of hydrogen-bond acceptors (Lipinski definition) is 2. The fourth-order valence-corrected chi connectivity index (χ4v) is 3.82. The summed E-state index contributed by atoms with van der Waals surface area (Å²) >= 11 is 0. The third-order valence-electron chi connectivity index (χ3n) is 5.13. The molecule has 2 nitrogen and oxygen atoms in total. The van der Waals surface area contributed by atoms with E-state index in [1.54, 1.807) is 0 Å². The van der Waals surface area contributed by atoms with Crippen LogP contribution in [0.25, 0.3) is 0 Å². The van der Waals surface area contributed by atoms with Gasteiger partial charge in [-0.1, -0.05) is 13.3 Å². The van der Waals surface area contributed by atoms with Crippen molar-refractivity contribution in [2.75, 3.05) is 19.6 Å². The summed E-state index contributed by atoms with van der Waals surface area (Å²) in [6.07, 6.45) is 7.39. The van der Waals surface area contributed by atoms with Crippen molar-refractivity contribution in [3.05, 3.63) is 0 Å². The molecule has 2 saturated carbocycles. The van der Waals surface area contributed by atoms with Gasteiger partial charge in [-0.15, -0.1) is 0 Å². The summed E-state index contributed by atoms with van der Waals surface area (Å²) in [5.41, 5.74) is 0. The van der Waals surface area contributed by atoms with Crippen molar-refractivity contribution in [2.45, 2.75) is 45.1 Å². The van der Waals surface area contributed by atoms with Crippen LogP contribution in [0.15, 0.2) is 0 Å². The molecule has 1 aliphatic heterocycles. The number of rotatable bonds is 5. The van der Waals surface area contributed by atoms with E-state index < -0.39 is 0 Å². The molecule has 0 radical (unpaired) electrons. The third-order valence-corrected chi connectivity index (χ3v) is 5.13. The zero-order valence-corrected chi connectivity index (χ0v) is 10.5. The largest absolute Gasteiger partial charge is 0.315 e. The quantitative estimate of drug-likeness (QED) is 0.743. The van der Waals surface area contributed by atoms with Gasteiger partial charge < -0.3 is 10.6 Å². The number of fused-ring (bicyclic) bond motifs is 1. The summed E-state index contributed by atoms with van der Waals surface area (Å²) in [4.78, 5) is 0. The summed E-state index contributed by atoms with van der Waals surface area (Å²) in [5.74, 6) is 3.94. The summed E-state index contributed by atoms with van der Waals surface area (Å²) < 4.78 is 0. The van der Waals surface area contributed by atoms with Gasteiger partial charge in [0.1, 0.15) is 0 Å². The molecule has 0 spiro atoms. The van der Waals surface area contributed by atoms with Gasteiger partial charge in [0.15, 0.2) is 0 Å². The molecule has 1 saturated heterocycles. The highest BCUT2D eigenvalue weighted by Gasteiger charge is 2.38. The fourth-order valence-electron chi connectivity index (χ4n) is 3.82. The first-order valence-electron chi connectivity index (χ1n) is 7.28. The van der Waals surface area contributed by atoms with Gasteiger partial charge in [-0.2, -0.15) is 0 Å². The van der Waals surface area contributed by atoms with E-state index in [4.69, 9.17) is 0 Å². The smallest absolute Gasteiger partial charge is 0.0223 e. The fraction of sp³-hybridized carbons (Fsp3) is 1.00. The van der Waals surface area contributed by atoms with E-state index in [0.717, 1.165) is 29.7 Å². The first-order valence-corrected chi connectivity index (χ1v) is 7.28. The van der Waals surface area contributed by atoms with Crippen LogP contribution >= 0.6 is 0 Å². The lowest BCUT2D eigenvalue weighted by Gasteiger charge is -2.20. The van der Waals surface area contributed by atoms with Gasteiger partial charge in [0.25, 0.3) is 0 Å². The maximum Gasteiger partial charge on any atom is 0.0223 e. The van der Waals surface area contributed by atoms with Crippen LogP contribution in [-0.2, 0) is 0 Å². The van der Waals surface area contributed by atoms with Gasteiger partial charge in [-0.25, -0.2) is 0 Å². The number of nitrogens with one attached hydrogen (secondary N) is 2. The molecular weight excluding hydrogens is 196 g/mol. The second-order valence-corrected chi connectivity index (χ2v) is 6.34. The monoisotopic (exact) mass is 222 g/mol. The first kappa shape index (κ1) is 11.0.